The Labute approximate surface area is 201 Å². The van der Waals surface area contributed by atoms with Crippen molar-refractivity contribution in [1.82, 2.24) is 0 Å². The largest absolute Gasteiger partial charge is 0.310 e. The molecule has 2 heteroatoms. The van der Waals surface area contributed by atoms with Gasteiger partial charge in [-0.25, -0.2) is 0 Å². The van der Waals surface area contributed by atoms with Crippen molar-refractivity contribution >= 4 is 51.9 Å². The third kappa shape index (κ3) is 3.64. The Morgan fingerprint density at radius 3 is 1.94 bits per heavy atom. The summed E-state index contributed by atoms with van der Waals surface area (Å²) in [4.78, 5) is 2.37. The van der Waals surface area contributed by atoms with Crippen molar-refractivity contribution in [2.24, 2.45) is 0 Å². The topological polar surface area (TPSA) is 3.24 Å². The molecule has 0 bridgehead atoms. The van der Waals surface area contributed by atoms with Gasteiger partial charge in [0, 0.05) is 16.8 Å². The fourth-order valence-electron chi connectivity index (χ4n) is 4.83. The molecule has 6 aromatic rings. The third-order valence-corrected chi connectivity index (χ3v) is 6.58. The van der Waals surface area contributed by atoms with Crippen molar-refractivity contribution in [3.8, 4) is 11.1 Å². The molecule has 0 aromatic heterocycles. The summed E-state index contributed by atoms with van der Waals surface area (Å²) < 4.78 is 0. The van der Waals surface area contributed by atoms with Gasteiger partial charge in [0.2, 0.25) is 0 Å². The molecule has 6 rings (SSSR count). The Morgan fingerprint density at radius 1 is 0.471 bits per heavy atom. The third-order valence-electron chi connectivity index (χ3n) is 6.58. The van der Waals surface area contributed by atoms with E-state index < -0.39 is 0 Å². The van der Waals surface area contributed by atoms with Crippen LogP contribution in [0.1, 0.15) is 0 Å². The van der Waals surface area contributed by atoms with E-state index in [0.717, 1.165) is 11.4 Å². The number of hydrogen-bond acceptors (Lipinski definition) is 1. The second-order valence-electron chi connectivity index (χ2n) is 8.73. The van der Waals surface area contributed by atoms with Crippen LogP contribution < -0.4 is 10.4 Å². The smallest absolute Gasteiger partial charge is 0.140 e. The molecule has 0 N–H and O–H groups in total. The molecule has 34 heavy (non-hydrogen) atoms. The Bertz CT molecular complexity index is 1610. The molecule has 0 saturated heterocycles. The molecule has 0 spiro atoms. The van der Waals surface area contributed by atoms with E-state index >= 15 is 0 Å². The van der Waals surface area contributed by atoms with E-state index in [4.69, 9.17) is 0 Å². The highest BCUT2D eigenvalue weighted by atomic mass is 15.1. The predicted octanol–water partition coefficient (Wildman–Crippen LogP) is 7.39. The minimum absolute atomic E-state index is 1.14. The van der Waals surface area contributed by atoms with Crippen LogP contribution in [0.4, 0.5) is 17.1 Å². The monoisotopic (exact) mass is 433 g/mol. The molecule has 0 radical (unpaired) electrons. The van der Waals surface area contributed by atoms with Crippen LogP contribution in [0.2, 0.25) is 0 Å². The van der Waals surface area contributed by atoms with E-state index in [-0.39, 0.29) is 0 Å². The summed E-state index contributed by atoms with van der Waals surface area (Å²) >= 11 is 0. The van der Waals surface area contributed by atoms with Gasteiger partial charge in [0.1, 0.15) is 7.85 Å². The van der Waals surface area contributed by atoms with Crippen LogP contribution in [0.5, 0.6) is 0 Å². The first-order valence-corrected chi connectivity index (χ1v) is 11.7. The Kier molecular flexibility index (Phi) is 5.12. The van der Waals surface area contributed by atoms with Crippen LogP contribution in [-0.4, -0.2) is 7.85 Å². The van der Waals surface area contributed by atoms with Crippen LogP contribution in [0.3, 0.4) is 0 Å². The number of nitrogens with zero attached hydrogens (tertiary/aromatic N) is 1. The zero-order chi connectivity index (χ0) is 22.9. The summed E-state index contributed by atoms with van der Waals surface area (Å²) in [7, 11) is 2.17. The Hall–Kier alpha value is -4.30. The lowest BCUT2D eigenvalue weighted by molar-refractivity contribution is 1.30. The van der Waals surface area contributed by atoms with Crippen LogP contribution >= 0.6 is 0 Å². The number of hydrogen-bond donors (Lipinski definition) is 0. The lowest BCUT2D eigenvalue weighted by Crippen LogP contribution is -2.11. The molecule has 0 saturated carbocycles. The number of rotatable bonds is 4. The van der Waals surface area contributed by atoms with Gasteiger partial charge in [0.25, 0.3) is 0 Å². The first-order chi connectivity index (χ1) is 16.8. The molecule has 160 valence electrons. The van der Waals surface area contributed by atoms with Gasteiger partial charge in [-0.15, -0.1) is 0 Å². The molecule has 0 heterocycles. The Morgan fingerprint density at radius 2 is 1.12 bits per heavy atom. The normalized spacial score (nSPS) is 11.1. The van der Waals surface area contributed by atoms with E-state index in [1.807, 2.05) is 0 Å². The molecule has 0 amide bonds. The van der Waals surface area contributed by atoms with E-state index in [2.05, 4.69) is 146 Å². The number of benzene rings is 6. The average Bonchev–Trinajstić information content (AvgIpc) is 2.90. The second kappa shape index (κ2) is 8.57. The second-order valence-corrected chi connectivity index (χ2v) is 8.73. The lowest BCUT2D eigenvalue weighted by atomic mass is 9.87. The van der Waals surface area contributed by atoms with Crippen molar-refractivity contribution < 1.29 is 0 Å². The molecular formula is C32H24BN. The first-order valence-electron chi connectivity index (χ1n) is 11.7. The van der Waals surface area contributed by atoms with E-state index in [9.17, 15) is 0 Å². The van der Waals surface area contributed by atoms with Gasteiger partial charge >= 0.3 is 0 Å². The van der Waals surface area contributed by atoms with Gasteiger partial charge < -0.3 is 4.90 Å². The van der Waals surface area contributed by atoms with E-state index in [0.29, 0.717) is 0 Å². The molecule has 0 aliphatic heterocycles. The molecule has 0 unspecified atom stereocenters. The molecular weight excluding hydrogens is 409 g/mol. The summed E-state index contributed by atoms with van der Waals surface area (Å²) in [5, 5.41) is 4.96. The highest BCUT2D eigenvalue weighted by Crippen LogP contribution is 2.40. The molecule has 0 aliphatic carbocycles. The summed E-state index contributed by atoms with van der Waals surface area (Å²) in [6.45, 7) is 0. The molecule has 6 aromatic carbocycles. The lowest BCUT2D eigenvalue weighted by Gasteiger charge is -2.27. The zero-order valence-electron chi connectivity index (χ0n) is 19.1. The maximum absolute atomic E-state index is 2.37. The highest BCUT2D eigenvalue weighted by molar-refractivity contribution is 6.35. The van der Waals surface area contributed by atoms with Crippen LogP contribution in [0, 0.1) is 0 Å². The van der Waals surface area contributed by atoms with Gasteiger partial charge in [-0.1, -0.05) is 109 Å². The SMILES string of the molecule is Bc1ccccc1-c1ccc(N(c2ccc3ccccc3c2)c2cccc3ccccc23)cc1. The molecule has 0 atom stereocenters. The van der Waals surface area contributed by atoms with Crippen LogP contribution in [0.15, 0.2) is 133 Å². The Balaban J connectivity index is 1.54. The number of fused-ring (bicyclic) bond motifs is 2. The molecule has 1 nitrogen and oxygen atoms in total. The minimum atomic E-state index is 1.14. The summed E-state index contributed by atoms with van der Waals surface area (Å²) in [6, 6.07) is 47.9. The van der Waals surface area contributed by atoms with Crippen molar-refractivity contribution in [2.75, 3.05) is 4.90 Å². The minimum Gasteiger partial charge on any atom is -0.310 e. The van der Waals surface area contributed by atoms with Gasteiger partial charge in [-0.2, -0.15) is 0 Å². The predicted molar refractivity (Wildman–Crippen MR) is 150 cm³/mol. The molecule has 0 fully saturated rings. The van der Waals surface area contributed by atoms with Gasteiger partial charge in [0.05, 0.1) is 5.69 Å². The van der Waals surface area contributed by atoms with Crippen molar-refractivity contribution in [3.05, 3.63) is 133 Å². The van der Waals surface area contributed by atoms with Gasteiger partial charge in [-0.3, -0.25) is 0 Å². The van der Waals surface area contributed by atoms with Gasteiger partial charge in [-0.05, 0) is 57.6 Å². The standard InChI is InChI=1S/C32H24BN/c33-31-14-6-5-12-29(31)25-17-19-27(20-18-25)34(28-21-16-23-8-1-2-10-26(23)22-28)32-15-7-11-24-9-3-4-13-30(24)32/h1-22H,33H2. The van der Waals surface area contributed by atoms with Crippen LogP contribution in [0.25, 0.3) is 32.7 Å². The average molecular weight is 433 g/mol. The zero-order valence-corrected chi connectivity index (χ0v) is 19.1. The van der Waals surface area contributed by atoms with Crippen molar-refractivity contribution in [3.63, 3.8) is 0 Å². The summed E-state index contributed by atoms with van der Waals surface area (Å²) in [6.07, 6.45) is 0. The summed E-state index contributed by atoms with van der Waals surface area (Å²) in [5.41, 5.74) is 7.27. The van der Waals surface area contributed by atoms with Crippen molar-refractivity contribution in [2.45, 2.75) is 0 Å². The summed E-state index contributed by atoms with van der Waals surface area (Å²) in [5.74, 6) is 0. The fraction of sp³-hybridized carbons (Fsp3) is 0. The first kappa shape index (κ1) is 20.3. The van der Waals surface area contributed by atoms with Crippen LogP contribution in [-0.2, 0) is 0 Å². The fourth-order valence-corrected chi connectivity index (χ4v) is 4.83. The quantitative estimate of drug-likeness (QED) is 0.262. The highest BCUT2D eigenvalue weighted by Gasteiger charge is 2.16. The molecule has 0 aliphatic rings. The maximum Gasteiger partial charge on any atom is 0.140 e. The van der Waals surface area contributed by atoms with E-state index in [1.54, 1.807) is 0 Å². The van der Waals surface area contributed by atoms with Gasteiger partial charge in [0.15, 0.2) is 0 Å². The maximum atomic E-state index is 2.37. The van der Waals surface area contributed by atoms with Crippen molar-refractivity contribution in [1.29, 1.82) is 0 Å². The number of anilines is 3. The van der Waals surface area contributed by atoms with E-state index in [1.165, 1.54) is 43.8 Å².